The molecule has 0 aromatic carbocycles. The van der Waals surface area contributed by atoms with Crippen LogP contribution >= 0.6 is 0 Å². The molecule has 37 heavy (non-hydrogen) atoms. The van der Waals surface area contributed by atoms with E-state index in [-0.39, 0.29) is 24.1 Å². The molecule has 0 aromatic rings. The molecule has 0 saturated carbocycles. The summed E-state index contributed by atoms with van der Waals surface area (Å²) in [5.41, 5.74) is 0. The summed E-state index contributed by atoms with van der Waals surface area (Å²) in [6, 6.07) is 0. The van der Waals surface area contributed by atoms with Crippen molar-refractivity contribution in [2.24, 2.45) is 17.8 Å². The summed E-state index contributed by atoms with van der Waals surface area (Å²) < 4.78 is 0.185. The van der Waals surface area contributed by atoms with E-state index in [0.717, 1.165) is 25.7 Å². The number of nitrogens with zero attached hydrogens (tertiary/aromatic N) is 1. The maximum Gasteiger partial charge on any atom is 0.311 e. The quantitative estimate of drug-likeness (QED) is 0.0902. The second kappa shape index (κ2) is 21.1. The summed E-state index contributed by atoms with van der Waals surface area (Å²) in [5.74, 6) is -5.23. The fourth-order valence-corrected chi connectivity index (χ4v) is 5.17. The van der Waals surface area contributed by atoms with Crippen molar-refractivity contribution in [2.75, 3.05) is 26.2 Å². The number of hydrogen-bond donors (Lipinski definition) is 2. The van der Waals surface area contributed by atoms with Crippen molar-refractivity contribution >= 4 is 17.9 Å². The molecule has 3 unspecified atom stereocenters. The van der Waals surface area contributed by atoms with E-state index in [1.165, 1.54) is 64.2 Å². The Kier molecular flexibility index (Phi) is 20.0. The maximum absolute atomic E-state index is 11.6. The smallest absolute Gasteiger partial charge is 0.311 e. The first-order valence-electron chi connectivity index (χ1n) is 14.7. The van der Waals surface area contributed by atoms with Gasteiger partial charge in [0.1, 0.15) is 11.8 Å². The molecular weight excluding hydrogens is 470 g/mol. The Labute approximate surface area is 225 Å². The molecule has 216 valence electrons. The summed E-state index contributed by atoms with van der Waals surface area (Å²) in [6.45, 7) is 8.19. The SMILES string of the molecule is CCC/C=C/CCCCCCCCCCCCC[N+](CC(C)C(=O)[O-])(CC(C)C(=O)O)CC(C)C(=O)O. The molecule has 0 bridgehead atoms. The Morgan fingerprint density at radius 1 is 0.649 bits per heavy atom. The summed E-state index contributed by atoms with van der Waals surface area (Å²) in [6.07, 6.45) is 21.3. The summed E-state index contributed by atoms with van der Waals surface area (Å²) in [4.78, 5) is 34.6. The highest BCUT2D eigenvalue weighted by Gasteiger charge is 2.36. The molecule has 0 aliphatic rings. The highest BCUT2D eigenvalue weighted by atomic mass is 16.4. The molecule has 0 amide bonds. The molecule has 7 nitrogen and oxygen atoms in total. The lowest BCUT2D eigenvalue weighted by Gasteiger charge is -2.43. The minimum atomic E-state index is -1.18. The van der Waals surface area contributed by atoms with Crippen LogP contribution in [0.2, 0.25) is 0 Å². The average molecular weight is 526 g/mol. The zero-order valence-corrected chi connectivity index (χ0v) is 24.1. The minimum absolute atomic E-state index is 0.185. The third kappa shape index (κ3) is 18.1. The molecule has 0 radical (unpaired) electrons. The van der Waals surface area contributed by atoms with Gasteiger partial charge in [-0.05, 0) is 46.0 Å². The Morgan fingerprint density at radius 3 is 1.43 bits per heavy atom. The standard InChI is InChI=1S/C30H55NO6/c1-5-6-7-8-9-10-11-12-13-14-15-16-17-18-19-20-21-31(22-25(2)28(32)33,23-26(3)29(34)35)24-27(4)30(36)37/h7-8,25-27H,5-6,9-24H2,1-4H3,(H2-,32,33,34,35,36,37)/b8-7+. The molecule has 0 aliphatic carbocycles. The number of carbonyl (C=O) groups excluding carboxylic acids is 1. The number of unbranched alkanes of at least 4 members (excludes halogenated alkanes) is 12. The van der Waals surface area contributed by atoms with Crippen molar-refractivity contribution in [3.63, 3.8) is 0 Å². The van der Waals surface area contributed by atoms with Crippen molar-refractivity contribution in [1.82, 2.24) is 0 Å². The lowest BCUT2D eigenvalue weighted by atomic mass is 10.00. The van der Waals surface area contributed by atoms with Crippen LogP contribution in [0.5, 0.6) is 0 Å². The minimum Gasteiger partial charge on any atom is -0.550 e. The molecule has 0 aliphatic heterocycles. The van der Waals surface area contributed by atoms with E-state index in [2.05, 4.69) is 19.1 Å². The van der Waals surface area contributed by atoms with Crippen LogP contribution in [0.1, 0.15) is 118 Å². The molecule has 0 rings (SSSR count). The van der Waals surface area contributed by atoms with Crippen LogP contribution in [-0.2, 0) is 14.4 Å². The number of rotatable bonds is 25. The van der Waals surface area contributed by atoms with E-state index in [1.807, 2.05) is 0 Å². The Bertz CT molecular complexity index is 607. The molecule has 0 spiro atoms. The number of quaternary nitrogens is 1. The van der Waals surface area contributed by atoms with Crippen LogP contribution in [0, 0.1) is 17.8 Å². The van der Waals surface area contributed by atoms with Crippen LogP contribution in [0.15, 0.2) is 12.2 Å². The fraction of sp³-hybridized carbons (Fsp3) is 0.833. The van der Waals surface area contributed by atoms with E-state index < -0.39 is 35.7 Å². The van der Waals surface area contributed by atoms with Gasteiger partial charge in [0, 0.05) is 11.9 Å². The first kappa shape index (κ1) is 35.1. The van der Waals surface area contributed by atoms with Gasteiger partial charge in [-0.2, -0.15) is 0 Å². The molecule has 0 heterocycles. The molecule has 0 saturated heterocycles. The topological polar surface area (TPSA) is 115 Å². The second-order valence-corrected chi connectivity index (χ2v) is 11.2. The van der Waals surface area contributed by atoms with E-state index in [4.69, 9.17) is 0 Å². The molecule has 7 heteroatoms. The van der Waals surface area contributed by atoms with Gasteiger partial charge in [-0.25, -0.2) is 0 Å². The largest absolute Gasteiger partial charge is 0.550 e. The zero-order valence-electron chi connectivity index (χ0n) is 24.1. The highest BCUT2D eigenvalue weighted by Crippen LogP contribution is 2.22. The normalized spacial score (nSPS) is 15.8. The van der Waals surface area contributed by atoms with Gasteiger partial charge in [0.05, 0.1) is 26.2 Å². The Morgan fingerprint density at radius 2 is 1.03 bits per heavy atom. The first-order valence-corrected chi connectivity index (χ1v) is 14.7. The predicted octanol–water partition coefficient (Wildman–Crippen LogP) is 5.67. The van der Waals surface area contributed by atoms with Crippen molar-refractivity contribution in [3.8, 4) is 0 Å². The highest BCUT2D eigenvalue weighted by molar-refractivity contribution is 5.70. The summed E-state index contributed by atoms with van der Waals surface area (Å²) in [5, 5.41) is 30.5. The monoisotopic (exact) mass is 525 g/mol. The Balaban J connectivity index is 4.49. The maximum atomic E-state index is 11.6. The molecular formula is C30H55NO6. The van der Waals surface area contributed by atoms with Crippen LogP contribution in [0.4, 0.5) is 0 Å². The lowest BCUT2D eigenvalue weighted by molar-refractivity contribution is -0.934. The number of hydrogen-bond acceptors (Lipinski definition) is 4. The molecule has 0 fully saturated rings. The summed E-state index contributed by atoms with van der Waals surface area (Å²) in [7, 11) is 0. The Hall–Kier alpha value is -1.89. The van der Waals surface area contributed by atoms with Gasteiger partial charge in [0.25, 0.3) is 0 Å². The number of aliphatic carboxylic acids is 3. The van der Waals surface area contributed by atoms with Crippen molar-refractivity contribution in [3.05, 3.63) is 12.2 Å². The van der Waals surface area contributed by atoms with Gasteiger partial charge < -0.3 is 24.6 Å². The number of carboxylic acid groups (broad SMARTS) is 3. The van der Waals surface area contributed by atoms with Gasteiger partial charge in [0.2, 0.25) is 0 Å². The predicted molar refractivity (Wildman–Crippen MR) is 147 cm³/mol. The van der Waals surface area contributed by atoms with Crippen molar-refractivity contribution in [1.29, 1.82) is 0 Å². The molecule has 2 N–H and O–H groups in total. The van der Waals surface area contributed by atoms with Gasteiger partial charge in [-0.3, -0.25) is 9.59 Å². The third-order valence-electron chi connectivity index (χ3n) is 7.35. The third-order valence-corrected chi connectivity index (χ3v) is 7.35. The van der Waals surface area contributed by atoms with E-state index in [0.29, 0.717) is 6.54 Å². The van der Waals surface area contributed by atoms with Gasteiger partial charge >= 0.3 is 11.9 Å². The van der Waals surface area contributed by atoms with Crippen molar-refractivity contribution in [2.45, 2.75) is 118 Å². The van der Waals surface area contributed by atoms with Gasteiger partial charge in [-0.15, -0.1) is 0 Å². The molecule has 0 aromatic heterocycles. The number of allylic oxidation sites excluding steroid dienone is 2. The van der Waals surface area contributed by atoms with E-state index >= 15 is 0 Å². The van der Waals surface area contributed by atoms with E-state index in [9.17, 15) is 29.7 Å². The zero-order chi connectivity index (χ0) is 28.1. The molecule has 3 atom stereocenters. The van der Waals surface area contributed by atoms with E-state index in [1.54, 1.807) is 20.8 Å². The van der Waals surface area contributed by atoms with Gasteiger partial charge in [-0.1, -0.05) is 83.8 Å². The van der Waals surface area contributed by atoms with Crippen molar-refractivity contribution < 1.29 is 34.2 Å². The average Bonchev–Trinajstić information content (AvgIpc) is 2.83. The summed E-state index contributed by atoms with van der Waals surface area (Å²) >= 11 is 0. The van der Waals surface area contributed by atoms with Gasteiger partial charge in [0.15, 0.2) is 0 Å². The number of carbonyl (C=O) groups is 3. The first-order chi connectivity index (χ1) is 17.5. The fourth-order valence-electron chi connectivity index (χ4n) is 5.17. The van der Waals surface area contributed by atoms with Crippen LogP contribution in [-0.4, -0.2) is 58.8 Å². The van der Waals surface area contributed by atoms with Crippen LogP contribution in [0.3, 0.4) is 0 Å². The lowest BCUT2D eigenvalue weighted by Crippen LogP contribution is -2.58. The number of carboxylic acids is 3. The van der Waals surface area contributed by atoms with Crippen LogP contribution < -0.4 is 5.11 Å². The second-order valence-electron chi connectivity index (χ2n) is 11.2. The van der Waals surface area contributed by atoms with Crippen LogP contribution in [0.25, 0.3) is 0 Å².